The van der Waals surface area contributed by atoms with Crippen molar-refractivity contribution in [3.05, 3.63) is 0 Å². The Hall–Kier alpha value is 0.980. The first-order valence-corrected chi connectivity index (χ1v) is 3.79. The van der Waals surface area contributed by atoms with Crippen LogP contribution in [0.3, 0.4) is 0 Å². The van der Waals surface area contributed by atoms with Crippen LogP contribution in [0.5, 0.6) is 0 Å². The molecule has 0 rings (SSSR count). The van der Waals surface area contributed by atoms with Crippen LogP contribution in [0.4, 0.5) is 0 Å². The number of carbonyl (C=O) groups excluding carboxylic acids is 1. The monoisotopic (exact) mass is 156 g/mol. The number of hydrogen-bond acceptors (Lipinski definition) is 3. The maximum atomic E-state index is 10.2. The smallest absolute Gasteiger partial charge is 0.849 e. The van der Waals surface area contributed by atoms with Crippen molar-refractivity contribution in [2.75, 3.05) is 18.6 Å². The fraction of sp³-hybridized carbons (Fsp3) is 0.800. The fourth-order valence-corrected chi connectivity index (χ4v) is 0.720. The number of rotatable bonds is 4. The number of ketones is 1. The van der Waals surface area contributed by atoms with Gasteiger partial charge in [0.05, 0.1) is 0 Å². The molecule has 0 heterocycles. The molecule has 0 fully saturated rings. The average molecular weight is 156 g/mol. The van der Waals surface area contributed by atoms with Crippen LogP contribution in [0, 0.1) is 0 Å². The Morgan fingerprint density at radius 3 is 2.56 bits per heavy atom. The van der Waals surface area contributed by atoms with Crippen molar-refractivity contribution in [1.82, 2.24) is 0 Å². The molecule has 0 saturated heterocycles. The molecule has 0 bridgehead atoms. The first-order chi connectivity index (χ1) is 3.81. The molecular formula is C5H9NaO2S. The minimum absolute atomic E-state index is 0. The Morgan fingerprint density at radius 2 is 2.22 bits per heavy atom. The standard InChI is InChI=1S/C5H9O2S.Na/c1-8-3-2-5(7)4-6;/h2-4H2,1H3;/q-1;+1. The van der Waals surface area contributed by atoms with Gasteiger partial charge in [-0.15, -0.1) is 0 Å². The minimum atomic E-state index is -0.555. The van der Waals surface area contributed by atoms with E-state index in [4.69, 9.17) is 0 Å². The number of Topliss-reactive ketones (excluding diaryl/α,β-unsaturated/α-hetero) is 1. The van der Waals surface area contributed by atoms with Gasteiger partial charge in [-0.3, -0.25) is 0 Å². The number of thioether (sulfide) groups is 1. The summed E-state index contributed by atoms with van der Waals surface area (Å²) in [5.41, 5.74) is 0. The summed E-state index contributed by atoms with van der Waals surface area (Å²) < 4.78 is 0. The molecule has 0 aromatic carbocycles. The van der Waals surface area contributed by atoms with Crippen LogP contribution < -0.4 is 34.7 Å². The zero-order valence-corrected chi connectivity index (χ0v) is 8.66. The molecule has 48 valence electrons. The molecule has 2 nitrogen and oxygen atoms in total. The molecule has 0 atom stereocenters. The van der Waals surface area contributed by atoms with Crippen molar-refractivity contribution in [2.24, 2.45) is 0 Å². The molecule has 0 aliphatic rings. The van der Waals surface area contributed by atoms with Crippen LogP contribution >= 0.6 is 11.8 Å². The third-order valence-corrected chi connectivity index (χ3v) is 1.36. The van der Waals surface area contributed by atoms with Crippen LogP contribution in [0.15, 0.2) is 0 Å². The Morgan fingerprint density at radius 1 is 1.67 bits per heavy atom. The van der Waals surface area contributed by atoms with Gasteiger partial charge in [0.15, 0.2) is 0 Å². The third-order valence-electron chi connectivity index (χ3n) is 0.746. The van der Waals surface area contributed by atoms with Crippen molar-refractivity contribution in [3.8, 4) is 0 Å². The largest absolute Gasteiger partial charge is 1.00 e. The zero-order valence-electron chi connectivity index (χ0n) is 5.85. The van der Waals surface area contributed by atoms with E-state index in [0.29, 0.717) is 6.42 Å². The molecule has 0 amide bonds. The van der Waals surface area contributed by atoms with Gasteiger partial charge in [-0.1, -0.05) is 6.61 Å². The van der Waals surface area contributed by atoms with E-state index in [0.717, 1.165) is 5.75 Å². The second-order valence-corrected chi connectivity index (χ2v) is 2.41. The van der Waals surface area contributed by atoms with Gasteiger partial charge in [0.2, 0.25) is 0 Å². The van der Waals surface area contributed by atoms with Gasteiger partial charge in [0, 0.05) is 6.42 Å². The summed E-state index contributed by atoms with van der Waals surface area (Å²) in [6, 6.07) is 0. The summed E-state index contributed by atoms with van der Waals surface area (Å²) in [6.45, 7) is -0.555. The molecule has 0 aliphatic carbocycles. The first-order valence-electron chi connectivity index (χ1n) is 2.40. The van der Waals surface area contributed by atoms with Gasteiger partial charge in [0.1, 0.15) is 5.78 Å². The molecule has 0 spiro atoms. The summed E-state index contributed by atoms with van der Waals surface area (Å²) in [7, 11) is 0. The van der Waals surface area contributed by atoms with Crippen molar-refractivity contribution in [2.45, 2.75) is 6.42 Å². The van der Waals surface area contributed by atoms with E-state index in [2.05, 4.69) is 0 Å². The van der Waals surface area contributed by atoms with Gasteiger partial charge in [-0.05, 0) is 12.0 Å². The third kappa shape index (κ3) is 8.98. The van der Waals surface area contributed by atoms with Crippen LogP contribution in [0.1, 0.15) is 6.42 Å². The number of carbonyl (C=O) groups is 1. The van der Waals surface area contributed by atoms with Crippen LogP contribution in [0.25, 0.3) is 0 Å². The molecule has 0 aliphatic heterocycles. The number of hydrogen-bond donors (Lipinski definition) is 0. The van der Waals surface area contributed by atoms with Crippen molar-refractivity contribution >= 4 is 17.5 Å². The van der Waals surface area contributed by atoms with Gasteiger partial charge in [-0.2, -0.15) is 11.8 Å². The average Bonchev–Trinajstić information content (AvgIpc) is 1.83. The molecule has 9 heavy (non-hydrogen) atoms. The molecule has 0 unspecified atom stereocenters. The Bertz CT molecular complexity index is 77.4. The Kier molecular flexibility index (Phi) is 12.6. The van der Waals surface area contributed by atoms with Crippen molar-refractivity contribution in [1.29, 1.82) is 0 Å². The summed E-state index contributed by atoms with van der Waals surface area (Å²) in [6.07, 6.45) is 2.35. The van der Waals surface area contributed by atoms with Gasteiger partial charge in [0.25, 0.3) is 0 Å². The summed E-state index contributed by atoms with van der Waals surface area (Å²) in [5, 5.41) is 9.78. The predicted octanol–water partition coefficient (Wildman–Crippen LogP) is -3.33. The zero-order chi connectivity index (χ0) is 6.41. The molecule has 0 N–H and O–H groups in total. The second-order valence-electron chi connectivity index (χ2n) is 1.43. The van der Waals surface area contributed by atoms with Crippen LogP contribution in [0.2, 0.25) is 0 Å². The summed E-state index contributed by atoms with van der Waals surface area (Å²) >= 11 is 1.59. The van der Waals surface area contributed by atoms with E-state index >= 15 is 0 Å². The van der Waals surface area contributed by atoms with E-state index in [1.165, 1.54) is 0 Å². The van der Waals surface area contributed by atoms with Crippen molar-refractivity contribution < 1.29 is 39.5 Å². The summed E-state index contributed by atoms with van der Waals surface area (Å²) in [5.74, 6) is 0.598. The Balaban J connectivity index is 0. The van der Waals surface area contributed by atoms with Gasteiger partial charge >= 0.3 is 29.6 Å². The fourth-order valence-electron chi connectivity index (χ4n) is 0.288. The molecule has 0 saturated carbocycles. The maximum absolute atomic E-state index is 10.2. The minimum Gasteiger partial charge on any atom is -0.849 e. The molecule has 0 aromatic heterocycles. The Labute approximate surface area is 81.7 Å². The van der Waals surface area contributed by atoms with E-state index in [1.807, 2.05) is 6.26 Å². The van der Waals surface area contributed by atoms with Crippen LogP contribution in [-0.2, 0) is 4.79 Å². The first kappa shape index (κ1) is 12.6. The van der Waals surface area contributed by atoms with E-state index in [9.17, 15) is 9.90 Å². The van der Waals surface area contributed by atoms with E-state index in [-0.39, 0.29) is 35.3 Å². The quantitative estimate of drug-likeness (QED) is 0.400. The van der Waals surface area contributed by atoms with Crippen LogP contribution in [-0.4, -0.2) is 24.4 Å². The summed E-state index contributed by atoms with van der Waals surface area (Å²) in [4.78, 5) is 10.2. The topological polar surface area (TPSA) is 40.1 Å². The van der Waals surface area contributed by atoms with Gasteiger partial charge < -0.3 is 9.90 Å². The molecule has 0 radical (unpaired) electrons. The molecule has 0 aromatic rings. The SMILES string of the molecule is CSCCC(=O)C[O-].[Na+]. The molecule has 4 heteroatoms. The van der Waals surface area contributed by atoms with Crippen molar-refractivity contribution in [3.63, 3.8) is 0 Å². The van der Waals surface area contributed by atoms with E-state index < -0.39 is 6.61 Å². The molecular weight excluding hydrogens is 147 g/mol. The maximum Gasteiger partial charge on any atom is 1.00 e. The normalized spacial score (nSPS) is 8.22. The predicted molar refractivity (Wildman–Crippen MR) is 32.9 cm³/mol. The van der Waals surface area contributed by atoms with E-state index in [1.54, 1.807) is 11.8 Å². The van der Waals surface area contributed by atoms with Gasteiger partial charge in [-0.25, -0.2) is 0 Å². The second kappa shape index (κ2) is 8.98.